The third kappa shape index (κ3) is 2.06. The third-order valence-corrected chi connectivity index (χ3v) is 5.06. The molecule has 1 amide bonds. The van der Waals surface area contributed by atoms with E-state index in [1.54, 1.807) is 0 Å². The van der Waals surface area contributed by atoms with Gasteiger partial charge in [0, 0.05) is 30.9 Å². The fourth-order valence-corrected chi connectivity index (χ4v) is 3.90. The van der Waals surface area contributed by atoms with Crippen LogP contribution < -0.4 is 5.32 Å². The van der Waals surface area contributed by atoms with Crippen LogP contribution in [0.4, 0.5) is 0 Å². The van der Waals surface area contributed by atoms with E-state index in [-0.39, 0.29) is 5.91 Å². The highest BCUT2D eigenvalue weighted by Gasteiger charge is 2.37. The summed E-state index contributed by atoms with van der Waals surface area (Å²) in [6.45, 7) is 2.04. The molecule has 3 aliphatic rings. The van der Waals surface area contributed by atoms with E-state index in [4.69, 9.17) is 0 Å². The number of hydrogen-bond donors (Lipinski definition) is 1. The molecule has 0 aromatic carbocycles. The van der Waals surface area contributed by atoms with Gasteiger partial charge in [0.25, 0.3) is 5.91 Å². The molecular weight excluding hydrogens is 250 g/mol. The van der Waals surface area contributed by atoms with Crippen LogP contribution in [0.15, 0.2) is 18.3 Å². The van der Waals surface area contributed by atoms with E-state index < -0.39 is 0 Å². The van der Waals surface area contributed by atoms with Gasteiger partial charge in [0.15, 0.2) is 0 Å². The molecule has 1 aromatic heterocycles. The number of carbonyl (C=O) groups is 1. The quantitative estimate of drug-likeness (QED) is 0.916. The van der Waals surface area contributed by atoms with Crippen LogP contribution in [-0.4, -0.2) is 40.5 Å². The molecule has 3 heterocycles. The van der Waals surface area contributed by atoms with Gasteiger partial charge in [-0.1, -0.05) is 0 Å². The predicted octanol–water partition coefficient (Wildman–Crippen LogP) is 2.18. The number of nitrogens with zero attached hydrogens (tertiary/aromatic N) is 2. The lowest BCUT2D eigenvalue weighted by Gasteiger charge is -2.30. The average Bonchev–Trinajstić information content (AvgIpc) is 2.97. The summed E-state index contributed by atoms with van der Waals surface area (Å²) in [4.78, 5) is 15.0. The van der Waals surface area contributed by atoms with Crippen LogP contribution in [0.5, 0.6) is 0 Å². The molecule has 2 atom stereocenters. The summed E-state index contributed by atoms with van der Waals surface area (Å²) in [6, 6.07) is 5.52. The average molecular weight is 273 g/mol. The van der Waals surface area contributed by atoms with Crippen LogP contribution in [0.2, 0.25) is 0 Å². The highest BCUT2D eigenvalue weighted by atomic mass is 16.2. The van der Waals surface area contributed by atoms with Crippen molar-refractivity contribution in [3.63, 3.8) is 0 Å². The Labute approximate surface area is 120 Å². The van der Waals surface area contributed by atoms with Crippen molar-refractivity contribution < 1.29 is 4.79 Å². The van der Waals surface area contributed by atoms with Crippen molar-refractivity contribution in [3.05, 3.63) is 24.0 Å². The van der Waals surface area contributed by atoms with Crippen LogP contribution in [-0.2, 0) is 0 Å². The molecule has 0 bridgehead atoms. The maximum absolute atomic E-state index is 12.9. The number of aromatic nitrogens is 1. The molecule has 1 aromatic rings. The van der Waals surface area contributed by atoms with E-state index in [0.29, 0.717) is 18.1 Å². The van der Waals surface area contributed by atoms with E-state index in [0.717, 1.165) is 31.6 Å². The number of nitrogens with one attached hydrogen (secondary N) is 1. The normalized spacial score (nSPS) is 30.1. The van der Waals surface area contributed by atoms with Gasteiger partial charge in [-0.15, -0.1) is 0 Å². The largest absolute Gasteiger partial charge is 0.340 e. The molecule has 4 rings (SSSR count). The van der Waals surface area contributed by atoms with Gasteiger partial charge < -0.3 is 14.8 Å². The standard InChI is InChI=1S/C16H23N3O/c20-16(15-6-3-10-18(15)12-7-8-12)19-11-2-5-14(19)13-4-1-9-17-13/h3,6,10,12-14,17H,1-2,4-5,7-9,11H2. The summed E-state index contributed by atoms with van der Waals surface area (Å²) in [5, 5.41) is 3.58. The second-order valence-corrected chi connectivity index (χ2v) is 6.44. The van der Waals surface area contributed by atoms with Gasteiger partial charge in [-0.3, -0.25) is 4.79 Å². The molecule has 1 N–H and O–H groups in total. The van der Waals surface area contributed by atoms with E-state index in [1.165, 1.54) is 25.7 Å². The van der Waals surface area contributed by atoms with Crippen LogP contribution in [0.3, 0.4) is 0 Å². The minimum absolute atomic E-state index is 0.248. The van der Waals surface area contributed by atoms with Crippen molar-refractivity contribution in [3.8, 4) is 0 Å². The van der Waals surface area contributed by atoms with Crippen molar-refractivity contribution in [2.24, 2.45) is 0 Å². The highest BCUT2D eigenvalue weighted by molar-refractivity contribution is 5.93. The van der Waals surface area contributed by atoms with Gasteiger partial charge >= 0.3 is 0 Å². The first-order valence-electron chi connectivity index (χ1n) is 8.06. The Balaban J connectivity index is 1.55. The molecule has 1 saturated carbocycles. The Kier molecular flexibility index (Phi) is 3.06. The molecule has 1 aliphatic carbocycles. The number of amides is 1. The number of likely N-dealkylation sites (tertiary alicyclic amines) is 1. The number of carbonyl (C=O) groups excluding carboxylic acids is 1. The van der Waals surface area contributed by atoms with Gasteiger partial charge in [-0.05, 0) is 57.2 Å². The first-order valence-corrected chi connectivity index (χ1v) is 8.06. The van der Waals surface area contributed by atoms with Crippen molar-refractivity contribution in [1.82, 2.24) is 14.8 Å². The van der Waals surface area contributed by atoms with Crippen molar-refractivity contribution in [2.75, 3.05) is 13.1 Å². The van der Waals surface area contributed by atoms with Crippen molar-refractivity contribution >= 4 is 5.91 Å². The van der Waals surface area contributed by atoms with E-state index in [9.17, 15) is 4.79 Å². The molecular formula is C16H23N3O. The molecule has 4 nitrogen and oxygen atoms in total. The lowest BCUT2D eigenvalue weighted by molar-refractivity contribution is 0.0700. The Hall–Kier alpha value is -1.29. The fourth-order valence-electron chi connectivity index (χ4n) is 3.90. The number of rotatable bonds is 3. The summed E-state index contributed by atoms with van der Waals surface area (Å²) in [6.07, 6.45) is 9.31. The Morgan fingerprint density at radius 2 is 2.10 bits per heavy atom. The minimum atomic E-state index is 0.248. The lowest BCUT2D eigenvalue weighted by atomic mass is 10.0. The fraction of sp³-hybridized carbons (Fsp3) is 0.688. The maximum Gasteiger partial charge on any atom is 0.270 e. The highest BCUT2D eigenvalue weighted by Crippen LogP contribution is 2.37. The van der Waals surface area contributed by atoms with Crippen LogP contribution in [0.1, 0.15) is 55.1 Å². The topological polar surface area (TPSA) is 37.3 Å². The predicted molar refractivity (Wildman–Crippen MR) is 77.8 cm³/mol. The van der Waals surface area contributed by atoms with Crippen LogP contribution in [0, 0.1) is 0 Å². The molecule has 2 aliphatic heterocycles. The van der Waals surface area contributed by atoms with E-state index >= 15 is 0 Å². The minimum Gasteiger partial charge on any atom is -0.340 e. The number of hydrogen-bond acceptors (Lipinski definition) is 2. The summed E-state index contributed by atoms with van der Waals surface area (Å²) < 4.78 is 2.19. The van der Waals surface area contributed by atoms with Crippen molar-refractivity contribution in [1.29, 1.82) is 0 Å². The summed E-state index contributed by atoms with van der Waals surface area (Å²) >= 11 is 0. The molecule has 2 saturated heterocycles. The Morgan fingerprint density at radius 1 is 1.20 bits per heavy atom. The molecule has 3 fully saturated rings. The van der Waals surface area contributed by atoms with Gasteiger partial charge in [0.2, 0.25) is 0 Å². The van der Waals surface area contributed by atoms with Crippen LogP contribution in [0.25, 0.3) is 0 Å². The first kappa shape index (κ1) is 12.5. The first-order chi connectivity index (χ1) is 9.84. The lowest BCUT2D eigenvalue weighted by Crippen LogP contribution is -2.47. The van der Waals surface area contributed by atoms with E-state index in [1.807, 2.05) is 12.1 Å². The third-order valence-electron chi connectivity index (χ3n) is 5.06. The second kappa shape index (κ2) is 4.92. The monoisotopic (exact) mass is 273 g/mol. The zero-order valence-corrected chi connectivity index (χ0v) is 11.9. The van der Waals surface area contributed by atoms with Gasteiger partial charge in [0.1, 0.15) is 5.69 Å². The van der Waals surface area contributed by atoms with Gasteiger partial charge in [-0.2, -0.15) is 0 Å². The van der Waals surface area contributed by atoms with Crippen molar-refractivity contribution in [2.45, 2.75) is 56.7 Å². The van der Waals surface area contributed by atoms with Crippen LogP contribution >= 0.6 is 0 Å². The molecule has 20 heavy (non-hydrogen) atoms. The van der Waals surface area contributed by atoms with Gasteiger partial charge in [-0.25, -0.2) is 0 Å². The van der Waals surface area contributed by atoms with E-state index in [2.05, 4.69) is 21.0 Å². The Bertz CT molecular complexity index is 500. The second-order valence-electron chi connectivity index (χ2n) is 6.44. The SMILES string of the molecule is O=C(c1cccn1C1CC1)N1CCCC1C1CCCN1. The molecule has 0 radical (unpaired) electrons. The molecule has 0 spiro atoms. The zero-order chi connectivity index (χ0) is 13.5. The summed E-state index contributed by atoms with van der Waals surface area (Å²) in [5.41, 5.74) is 0.900. The Morgan fingerprint density at radius 3 is 2.85 bits per heavy atom. The van der Waals surface area contributed by atoms with Gasteiger partial charge in [0.05, 0.1) is 0 Å². The molecule has 4 heteroatoms. The smallest absolute Gasteiger partial charge is 0.270 e. The molecule has 108 valence electrons. The summed E-state index contributed by atoms with van der Waals surface area (Å²) in [7, 11) is 0. The zero-order valence-electron chi connectivity index (χ0n) is 11.9. The summed E-state index contributed by atoms with van der Waals surface area (Å²) in [5.74, 6) is 0.248. The molecule has 2 unspecified atom stereocenters. The maximum atomic E-state index is 12.9.